The number of aromatic hydroxyl groups is 1. The minimum atomic E-state index is -1.10. The predicted octanol–water partition coefficient (Wildman–Crippen LogP) is 5.46. The molecule has 3 aromatic rings. The molecule has 2 atom stereocenters. The summed E-state index contributed by atoms with van der Waals surface area (Å²) in [5.74, 6) is -0.341. The Morgan fingerprint density at radius 3 is 2.22 bits per heavy atom. The van der Waals surface area contributed by atoms with Crippen LogP contribution < -0.4 is 15.4 Å². The summed E-state index contributed by atoms with van der Waals surface area (Å²) in [5.41, 5.74) is 0.997. The molecule has 0 aliphatic rings. The molecule has 0 aromatic heterocycles. The molecule has 3 N–H and O–H groups in total. The lowest BCUT2D eigenvalue weighted by atomic mass is 9.99. The van der Waals surface area contributed by atoms with E-state index in [1.54, 1.807) is 64.3 Å². The average Bonchev–Trinajstić information content (AvgIpc) is 2.92. The molecule has 9 nitrogen and oxygen atoms in total. The van der Waals surface area contributed by atoms with Crippen molar-refractivity contribution in [2.75, 3.05) is 19.0 Å². The maximum atomic E-state index is 14.3. The molecule has 0 aliphatic carbocycles. The molecular weight excluding hydrogens is 522 g/mol. The molecule has 3 amide bonds. The van der Waals surface area contributed by atoms with E-state index in [1.807, 2.05) is 37.3 Å². The lowest BCUT2D eigenvalue weighted by molar-refractivity contribution is -0.140. The Kier molecular flexibility index (Phi) is 10.7. The van der Waals surface area contributed by atoms with Gasteiger partial charge in [-0.05, 0) is 74.7 Å². The van der Waals surface area contributed by atoms with Crippen LogP contribution in [0, 0.1) is 0 Å². The summed E-state index contributed by atoms with van der Waals surface area (Å²) >= 11 is 0. The maximum Gasteiger partial charge on any atom is 0.408 e. The molecule has 0 fully saturated rings. The lowest BCUT2D eigenvalue weighted by Gasteiger charge is -2.34. The van der Waals surface area contributed by atoms with Crippen LogP contribution in [-0.4, -0.2) is 53.2 Å². The third-order valence-corrected chi connectivity index (χ3v) is 6.12. The molecule has 41 heavy (non-hydrogen) atoms. The molecule has 0 heterocycles. The van der Waals surface area contributed by atoms with Crippen molar-refractivity contribution in [2.45, 2.75) is 58.2 Å². The monoisotopic (exact) mass is 561 g/mol. The van der Waals surface area contributed by atoms with Crippen molar-refractivity contribution >= 4 is 23.6 Å². The van der Waals surface area contributed by atoms with Crippen LogP contribution in [0.1, 0.15) is 51.3 Å². The summed E-state index contributed by atoms with van der Waals surface area (Å²) in [6.45, 7) is 7.34. The first-order chi connectivity index (χ1) is 19.5. The zero-order valence-corrected chi connectivity index (χ0v) is 24.2. The number of hydrogen-bond acceptors (Lipinski definition) is 6. The SMILES string of the molecule is CCCN(C(=O)C(Cc1ccccc1)NC(=O)OC(C)(C)C)C(C(=O)Nc1ccc(OC)cc1)c1cccc(O)c1. The number of nitrogens with one attached hydrogen (secondary N) is 2. The number of amides is 3. The van der Waals surface area contributed by atoms with Crippen LogP contribution in [0.15, 0.2) is 78.9 Å². The first-order valence-electron chi connectivity index (χ1n) is 13.6. The molecule has 0 saturated carbocycles. The van der Waals surface area contributed by atoms with Gasteiger partial charge in [-0.25, -0.2) is 4.79 Å². The van der Waals surface area contributed by atoms with Gasteiger partial charge in [0, 0.05) is 18.7 Å². The fourth-order valence-corrected chi connectivity index (χ4v) is 4.36. The number of phenols is 1. The number of carbonyl (C=O) groups excluding carboxylic acids is 3. The molecule has 9 heteroatoms. The van der Waals surface area contributed by atoms with E-state index in [4.69, 9.17) is 9.47 Å². The van der Waals surface area contributed by atoms with E-state index in [2.05, 4.69) is 10.6 Å². The lowest BCUT2D eigenvalue weighted by Crippen LogP contribution is -2.53. The zero-order valence-electron chi connectivity index (χ0n) is 24.2. The van der Waals surface area contributed by atoms with Gasteiger partial charge in [0.05, 0.1) is 7.11 Å². The maximum absolute atomic E-state index is 14.3. The molecule has 0 radical (unpaired) electrons. The van der Waals surface area contributed by atoms with E-state index < -0.39 is 35.6 Å². The third-order valence-electron chi connectivity index (χ3n) is 6.12. The molecule has 3 rings (SSSR count). The minimum absolute atomic E-state index is 0.0404. The fourth-order valence-electron chi connectivity index (χ4n) is 4.36. The van der Waals surface area contributed by atoms with Gasteiger partial charge in [0.25, 0.3) is 5.91 Å². The van der Waals surface area contributed by atoms with Gasteiger partial charge in [-0.1, -0.05) is 49.4 Å². The van der Waals surface area contributed by atoms with Crippen LogP contribution in [0.2, 0.25) is 0 Å². The number of rotatable bonds is 11. The van der Waals surface area contributed by atoms with Crippen molar-refractivity contribution in [1.82, 2.24) is 10.2 Å². The van der Waals surface area contributed by atoms with Gasteiger partial charge >= 0.3 is 6.09 Å². The number of carbonyl (C=O) groups is 3. The molecule has 218 valence electrons. The normalized spacial score (nSPS) is 12.5. The van der Waals surface area contributed by atoms with Gasteiger partial charge in [-0.3, -0.25) is 9.59 Å². The Hall–Kier alpha value is -4.53. The number of anilines is 1. The minimum Gasteiger partial charge on any atom is -0.508 e. The van der Waals surface area contributed by atoms with E-state index in [0.717, 1.165) is 5.56 Å². The first-order valence-corrected chi connectivity index (χ1v) is 13.6. The number of methoxy groups -OCH3 is 1. The second kappa shape index (κ2) is 14.2. The smallest absolute Gasteiger partial charge is 0.408 e. The Labute approximate surface area is 241 Å². The van der Waals surface area contributed by atoms with Crippen molar-refractivity contribution in [3.63, 3.8) is 0 Å². The molecule has 3 aromatic carbocycles. The number of ether oxygens (including phenoxy) is 2. The highest BCUT2D eigenvalue weighted by atomic mass is 16.6. The highest BCUT2D eigenvalue weighted by Crippen LogP contribution is 2.28. The molecular formula is C32H39N3O6. The summed E-state index contributed by atoms with van der Waals surface area (Å²) in [6.07, 6.45) is -0.00676. The van der Waals surface area contributed by atoms with Gasteiger partial charge in [0.2, 0.25) is 5.91 Å². The summed E-state index contributed by atoms with van der Waals surface area (Å²) in [5, 5.41) is 15.9. The fraction of sp³-hybridized carbons (Fsp3) is 0.344. The van der Waals surface area contributed by atoms with Gasteiger partial charge in [0.15, 0.2) is 0 Å². The van der Waals surface area contributed by atoms with Crippen molar-refractivity contribution in [3.8, 4) is 11.5 Å². The van der Waals surface area contributed by atoms with Crippen LogP contribution in [0.25, 0.3) is 0 Å². The van der Waals surface area contributed by atoms with Gasteiger partial charge in [0.1, 0.15) is 29.2 Å². The molecule has 0 spiro atoms. The topological polar surface area (TPSA) is 117 Å². The van der Waals surface area contributed by atoms with Crippen molar-refractivity contribution in [3.05, 3.63) is 90.0 Å². The first kappa shape index (κ1) is 31.0. The van der Waals surface area contributed by atoms with Crippen molar-refractivity contribution < 1.29 is 29.0 Å². The highest BCUT2D eigenvalue weighted by molar-refractivity contribution is 5.99. The number of nitrogens with zero attached hydrogens (tertiary/aromatic N) is 1. The van der Waals surface area contributed by atoms with E-state index in [1.165, 1.54) is 17.0 Å². The van der Waals surface area contributed by atoms with Crippen molar-refractivity contribution in [1.29, 1.82) is 0 Å². The summed E-state index contributed by atoms with van der Waals surface area (Å²) < 4.78 is 10.7. The largest absolute Gasteiger partial charge is 0.508 e. The number of phenolic OH excluding ortho intramolecular Hbond substituents is 1. The Morgan fingerprint density at radius 1 is 0.951 bits per heavy atom. The average molecular weight is 562 g/mol. The number of hydrogen-bond donors (Lipinski definition) is 3. The van der Waals surface area contributed by atoms with E-state index >= 15 is 0 Å². The van der Waals surface area contributed by atoms with Gasteiger partial charge < -0.3 is 30.1 Å². The second-order valence-corrected chi connectivity index (χ2v) is 10.6. The highest BCUT2D eigenvalue weighted by Gasteiger charge is 2.36. The van der Waals surface area contributed by atoms with Crippen LogP contribution in [-0.2, 0) is 20.7 Å². The van der Waals surface area contributed by atoms with E-state index in [-0.39, 0.29) is 18.7 Å². The molecule has 2 unspecified atom stereocenters. The molecule has 0 saturated heterocycles. The third kappa shape index (κ3) is 9.27. The van der Waals surface area contributed by atoms with Crippen molar-refractivity contribution in [2.24, 2.45) is 0 Å². The van der Waals surface area contributed by atoms with Gasteiger partial charge in [-0.2, -0.15) is 0 Å². The molecule has 0 aliphatic heterocycles. The van der Waals surface area contributed by atoms with Crippen LogP contribution in [0.3, 0.4) is 0 Å². The summed E-state index contributed by atoms with van der Waals surface area (Å²) in [6, 6.07) is 20.3. The summed E-state index contributed by atoms with van der Waals surface area (Å²) in [7, 11) is 1.55. The van der Waals surface area contributed by atoms with Crippen LogP contribution in [0.4, 0.5) is 10.5 Å². The Balaban J connectivity index is 2.01. The van der Waals surface area contributed by atoms with Crippen LogP contribution >= 0.6 is 0 Å². The zero-order chi connectivity index (χ0) is 30.0. The Morgan fingerprint density at radius 2 is 1.63 bits per heavy atom. The van der Waals surface area contributed by atoms with Crippen LogP contribution in [0.5, 0.6) is 11.5 Å². The number of alkyl carbamates (subject to hydrolysis) is 1. The standard InChI is InChI=1S/C32H39N3O6/c1-6-19-35(30(38)27(20-22-11-8-7-9-12-22)34-31(39)41-32(2,3)4)28(23-13-10-14-25(36)21-23)29(37)33-24-15-17-26(40-5)18-16-24/h7-18,21,27-28,36H,6,19-20H2,1-5H3,(H,33,37)(H,34,39). The van der Waals surface area contributed by atoms with Gasteiger partial charge in [-0.15, -0.1) is 0 Å². The Bertz CT molecular complexity index is 1310. The second-order valence-electron chi connectivity index (χ2n) is 10.6. The molecule has 0 bridgehead atoms. The quantitative estimate of drug-likeness (QED) is 0.286. The number of benzene rings is 3. The van der Waals surface area contributed by atoms with E-state index in [0.29, 0.717) is 23.4 Å². The predicted molar refractivity (Wildman–Crippen MR) is 158 cm³/mol. The van der Waals surface area contributed by atoms with E-state index in [9.17, 15) is 19.5 Å². The summed E-state index contributed by atoms with van der Waals surface area (Å²) in [4.78, 5) is 42.4.